The third-order valence-electron chi connectivity index (χ3n) is 4.19. The fourth-order valence-electron chi connectivity index (χ4n) is 2.99. The number of aromatic nitrogens is 2. The number of nitrogens with zero attached hydrogens (tertiary/aromatic N) is 3. The van der Waals surface area contributed by atoms with Crippen LogP contribution in [-0.2, 0) is 11.2 Å². The molecule has 2 heterocycles. The summed E-state index contributed by atoms with van der Waals surface area (Å²) in [6, 6.07) is 12.0. The van der Waals surface area contributed by atoms with Crippen molar-refractivity contribution in [2.45, 2.75) is 19.8 Å². The largest absolute Gasteiger partial charge is 0.370 e. The van der Waals surface area contributed by atoms with Crippen molar-refractivity contribution in [2.75, 3.05) is 25.0 Å². The van der Waals surface area contributed by atoms with Crippen LogP contribution in [0.5, 0.6) is 0 Å². The van der Waals surface area contributed by atoms with Gasteiger partial charge < -0.3 is 10.2 Å². The van der Waals surface area contributed by atoms with Crippen molar-refractivity contribution < 1.29 is 4.79 Å². The molecule has 126 valence electrons. The van der Waals surface area contributed by atoms with E-state index < -0.39 is 0 Å². The first-order chi connectivity index (χ1) is 11.6. The number of carbonyl (C=O) groups excluding carboxylic acids is 1. The highest BCUT2D eigenvalue weighted by atomic mass is 35.5. The van der Waals surface area contributed by atoms with Gasteiger partial charge in [-0.1, -0.05) is 41.9 Å². The number of likely N-dealkylation sites (tertiary alicyclic amines) is 1. The van der Waals surface area contributed by atoms with Crippen LogP contribution in [-0.4, -0.2) is 40.4 Å². The van der Waals surface area contributed by atoms with Gasteiger partial charge in [-0.15, -0.1) is 0 Å². The number of hydrogen-bond acceptors (Lipinski definition) is 4. The molecule has 0 aliphatic carbocycles. The van der Waals surface area contributed by atoms with Crippen LogP contribution in [0.25, 0.3) is 0 Å². The Kier molecular flexibility index (Phi) is 5.30. The maximum absolute atomic E-state index is 12.2. The Hall–Kier alpha value is -2.14. The lowest BCUT2D eigenvalue weighted by atomic mass is 10.1. The van der Waals surface area contributed by atoms with Gasteiger partial charge in [-0.25, -0.2) is 9.97 Å². The minimum atomic E-state index is 0.231. The van der Waals surface area contributed by atoms with E-state index in [9.17, 15) is 4.79 Å². The summed E-state index contributed by atoms with van der Waals surface area (Å²) < 4.78 is 0. The van der Waals surface area contributed by atoms with E-state index in [-0.39, 0.29) is 5.91 Å². The molecule has 0 radical (unpaired) electrons. The van der Waals surface area contributed by atoms with Crippen LogP contribution in [0.4, 0.5) is 5.82 Å². The molecule has 1 saturated heterocycles. The zero-order chi connectivity index (χ0) is 16.9. The Balaban J connectivity index is 1.49. The van der Waals surface area contributed by atoms with Crippen molar-refractivity contribution in [1.82, 2.24) is 14.9 Å². The number of halogens is 1. The molecule has 1 fully saturated rings. The van der Waals surface area contributed by atoms with Crippen LogP contribution >= 0.6 is 11.6 Å². The smallest absolute Gasteiger partial charge is 0.223 e. The van der Waals surface area contributed by atoms with E-state index in [0.717, 1.165) is 19.5 Å². The Morgan fingerprint density at radius 3 is 2.83 bits per heavy atom. The lowest BCUT2D eigenvalue weighted by Crippen LogP contribution is -2.28. The molecule has 2 aromatic rings. The normalized spacial score (nSPS) is 17.3. The lowest BCUT2D eigenvalue weighted by Gasteiger charge is -2.17. The summed E-state index contributed by atoms with van der Waals surface area (Å²) in [5.74, 6) is 1.87. The minimum absolute atomic E-state index is 0.231. The third kappa shape index (κ3) is 4.45. The van der Waals surface area contributed by atoms with Crippen LogP contribution < -0.4 is 5.32 Å². The molecule has 1 aliphatic rings. The molecular formula is C18H21ClN4O. The average Bonchev–Trinajstić information content (AvgIpc) is 2.91. The molecule has 6 heteroatoms. The highest BCUT2D eigenvalue weighted by Gasteiger charge is 2.29. The summed E-state index contributed by atoms with van der Waals surface area (Å²) in [7, 11) is 0. The topological polar surface area (TPSA) is 58.1 Å². The molecular weight excluding hydrogens is 324 g/mol. The third-order valence-corrected chi connectivity index (χ3v) is 4.38. The van der Waals surface area contributed by atoms with Gasteiger partial charge in [-0.3, -0.25) is 4.79 Å². The van der Waals surface area contributed by atoms with Gasteiger partial charge in [-0.05, 0) is 18.9 Å². The Morgan fingerprint density at radius 1 is 1.29 bits per heavy atom. The number of anilines is 1. The average molecular weight is 345 g/mol. The molecule has 1 aromatic carbocycles. The van der Waals surface area contributed by atoms with Gasteiger partial charge in [-0.2, -0.15) is 0 Å². The number of carbonyl (C=O) groups is 1. The van der Waals surface area contributed by atoms with E-state index in [2.05, 4.69) is 27.4 Å². The first kappa shape index (κ1) is 16.7. The molecule has 1 aliphatic heterocycles. The Labute approximate surface area is 147 Å². The zero-order valence-corrected chi connectivity index (χ0v) is 14.5. The number of nitrogens with one attached hydrogen (secondary N) is 1. The molecule has 0 saturated carbocycles. The van der Waals surface area contributed by atoms with Crippen LogP contribution in [0.3, 0.4) is 0 Å². The second-order valence-electron chi connectivity index (χ2n) is 6.15. The number of hydrogen-bond donors (Lipinski definition) is 1. The fourth-order valence-corrected chi connectivity index (χ4v) is 3.21. The molecule has 1 amide bonds. The first-order valence-electron chi connectivity index (χ1n) is 8.17. The summed E-state index contributed by atoms with van der Waals surface area (Å²) >= 11 is 5.94. The maximum Gasteiger partial charge on any atom is 0.223 e. The first-order valence-corrected chi connectivity index (χ1v) is 8.54. The van der Waals surface area contributed by atoms with Crippen molar-refractivity contribution in [2.24, 2.45) is 5.92 Å². The van der Waals surface area contributed by atoms with Gasteiger partial charge >= 0.3 is 0 Å². The van der Waals surface area contributed by atoms with E-state index in [1.807, 2.05) is 30.0 Å². The predicted octanol–water partition coefficient (Wildman–Crippen LogP) is 2.94. The van der Waals surface area contributed by atoms with Crippen LogP contribution in [0.1, 0.15) is 17.8 Å². The second kappa shape index (κ2) is 7.62. The minimum Gasteiger partial charge on any atom is -0.370 e. The van der Waals surface area contributed by atoms with Gasteiger partial charge in [0, 0.05) is 38.0 Å². The maximum atomic E-state index is 12.2. The fraction of sp³-hybridized carbons (Fsp3) is 0.389. The number of amides is 1. The van der Waals surface area contributed by atoms with Gasteiger partial charge in [0.1, 0.15) is 16.8 Å². The number of aryl methyl sites for hydroxylation is 1. The van der Waals surface area contributed by atoms with E-state index in [0.29, 0.717) is 35.7 Å². The highest BCUT2D eigenvalue weighted by molar-refractivity contribution is 6.29. The van der Waals surface area contributed by atoms with E-state index in [1.54, 1.807) is 6.07 Å². The van der Waals surface area contributed by atoms with Gasteiger partial charge in [0.25, 0.3) is 0 Å². The SMILES string of the molecule is Cc1nc(Cl)cc(NCC2CC(=O)N(CCc3ccccc3)C2)n1. The molecule has 0 bridgehead atoms. The Morgan fingerprint density at radius 2 is 2.08 bits per heavy atom. The molecule has 1 unspecified atom stereocenters. The summed E-state index contributed by atoms with van der Waals surface area (Å²) in [5.41, 5.74) is 1.26. The van der Waals surface area contributed by atoms with E-state index >= 15 is 0 Å². The molecule has 1 aromatic heterocycles. The monoisotopic (exact) mass is 344 g/mol. The lowest BCUT2D eigenvalue weighted by molar-refractivity contribution is -0.127. The van der Waals surface area contributed by atoms with Crippen molar-refractivity contribution in [1.29, 1.82) is 0 Å². The van der Waals surface area contributed by atoms with Gasteiger partial charge in [0.2, 0.25) is 5.91 Å². The van der Waals surface area contributed by atoms with Gasteiger partial charge in [0.15, 0.2) is 0 Å². The molecule has 24 heavy (non-hydrogen) atoms. The number of benzene rings is 1. The van der Waals surface area contributed by atoms with E-state index in [4.69, 9.17) is 11.6 Å². The summed E-state index contributed by atoms with van der Waals surface area (Å²) in [6.45, 7) is 4.08. The van der Waals surface area contributed by atoms with Crippen LogP contribution in [0.15, 0.2) is 36.4 Å². The van der Waals surface area contributed by atoms with Crippen molar-refractivity contribution >= 4 is 23.3 Å². The highest BCUT2D eigenvalue weighted by Crippen LogP contribution is 2.19. The summed E-state index contributed by atoms with van der Waals surface area (Å²) in [4.78, 5) is 22.5. The standard InChI is InChI=1S/C18H21ClN4O/c1-13-21-16(19)10-17(22-13)20-11-15-9-18(24)23(12-15)8-7-14-5-3-2-4-6-14/h2-6,10,15H,7-9,11-12H2,1H3,(H,20,21,22). The molecule has 5 nitrogen and oxygen atoms in total. The van der Waals surface area contributed by atoms with Crippen molar-refractivity contribution in [3.63, 3.8) is 0 Å². The van der Waals surface area contributed by atoms with Crippen molar-refractivity contribution in [3.8, 4) is 0 Å². The van der Waals surface area contributed by atoms with Crippen LogP contribution in [0, 0.1) is 12.8 Å². The number of rotatable bonds is 6. The molecule has 1 atom stereocenters. The summed E-state index contributed by atoms with van der Waals surface area (Å²) in [5, 5.41) is 3.70. The van der Waals surface area contributed by atoms with E-state index in [1.165, 1.54) is 5.56 Å². The van der Waals surface area contributed by atoms with Gasteiger partial charge in [0.05, 0.1) is 0 Å². The predicted molar refractivity (Wildman–Crippen MR) is 95.1 cm³/mol. The molecule has 3 rings (SSSR count). The zero-order valence-electron chi connectivity index (χ0n) is 13.7. The molecule has 0 spiro atoms. The second-order valence-corrected chi connectivity index (χ2v) is 6.54. The quantitative estimate of drug-likeness (QED) is 0.818. The molecule has 1 N–H and O–H groups in total. The Bertz CT molecular complexity index is 687. The summed E-state index contributed by atoms with van der Waals surface area (Å²) in [6.07, 6.45) is 1.48. The van der Waals surface area contributed by atoms with Crippen LogP contribution in [0.2, 0.25) is 5.15 Å². The van der Waals surface area contributed by atoms with Crippen molar-refractivity contribution in [3.05, 3.63) is 52.9 Å².